The number of hydrogen-bond donors (Lipinski definition) is 0. The molecule has 0 bridgehead atoms. The van der Waals surface area contributed by atoms with E-state index in [1.165, 1.54) is 26.0 Å². The number of methoxy groups -OCH3 is 2. The Morgan fingerprint density at radius 3 is 2.50 bits per heavy atom. The monoisotopic (exact) mass is 304 g/mol. The highest BCUT2D eigenvalue weighted by atomic mass is 32.2. The number of thioether (sulfide) groups is 1. The van der Waals surface area contributed by atoms with Crippen molar-refractivity contribution >= 4 is 17.7 Å². The van der Waals surface area contributed by atoms with Crippen LogP contribution in [0.5, 0.6) is 0 Å². The largest absolute Gasteiger partial charge is 0.464 e. The molecule has 0 aliphatic heterocycles. The van der Waals surface area contributed by atoms with Crippen molar-refractivity contribution in [3.63, 3.8) is 0 Å². The Bertz CT molecular complexity index is 420. The average molecular weight is 304 g/mol. The predicted molar refractivity (Wildman–Crippen MR) is 72.3 cm³/mol. The van der Waals surface area contributed by atoms with Crippen LogP contribution in [0.25, 0.3) is 0 Å². The van der Waals surface area contributed by atoms with Crippen molar-refractivity contribution in [1.29, 1.82) is 0 Å². The summed E-state index contributed by atoms with van der Waals surface area (Å²) in [5.74, 6) is 0.244. The average Bonchev–Trinajstić information content (AvgIpc) is 2.80. The fraction of sp³-hybridized carbons (Fsp3) is 0.818. The summed E-state index contributed by atoms with van der Waals surface area (Å²) in [6.45, 7) is 2.53. The van der Waals surface area contributed by atoms with Crippen LogP contribution in [-0.4, -0.2) is 66.0 Å². The molecule has 0 N–H and O–H groups in total. The van der Waals surface area contributed by atoms with Crippen LogP contribution < -0.4 is 0 Å². The zero-order valence-electron chi connectivity index (χ0n) is 12.2. The lowest BCUT2D eigenvalue weighted by molar-refractivity contribution is -0.161. The quantitative estimate of drug-likeness (QED) is 0.362. The molecule has 9 heteroatoms. The third-order valence-corrected chi connectivity index (χ3v) is 3.52. The van der Waals surface area contributed by atoms with Gasteiger partial charge in [0.25, 0.3) is 0 Å². The van der Waals surface area contributed by atoms with Gasteiger partial charge in [0.2, 0.25) is 5.16 Å². The minimum atomic E-state index is -0.791. The molecule has 1 heterocycles. The maximum Gasteiger partial charge on any atom is 0.316 e. The molecule has 0 atom stereocenters. The van der Waals surface area contributed by atoms with Gasteiger partial charge in [0.05, 0.1) is 13.2 Å². The molecule has 114 valence electrons. The van der Waals surface area contributed by atoms with E-state index in [2.05, 4.69) is 15.5 Å². The summed E-state index contributed by atoms with van der Waals surface area (Å²) in [7, 11) is 4.83. The second kappa shape index (κ2) is 8.18. The van der Waals surface area contributed by atoms with E-state index in [9.17, 15) is 4.79 Å². The molecule has 0 saturated heterocycles. The number of carbonyl (C=O) groups excluding carboxylic acids is 1. The highest BCUT2D eigenvalue weighted by Crippen LogP contribution is 2.20. The van der Waals surface area contributed by atoms with Crippen molar-refractivity contribution in [2.75, 3.05) is 39.8 Å². The summed E-state index contributed by atoms with van der Waals surface area (Å²) in [4.78, 5) is 12.0. The second-order valence-electron chi connectivity index (χ2n) is 4.50. The molecule has 1 rings (SSSR count). The highest BCUT2D eigenvalue weighted by molar-refractivity contribution is 7.99. The maximum absolute atomic E-state index is 12.0. The van der Waals surface area contributed by atoms with E-state index in [0.29, 0.717) is 10.9 Å². The smallest absolute Gasteiger partial charge is 0.316 e. The highest BCUT2D eigenvalue weighted by Gasteiger charge is 2.35. The van der Waals surface area contributed by atoms with E-state index in [-0.39, 0.29) is 25.8 Å². The Kier molecular flexibility index (Phi) is 6.89. The SMILES string of the molecule is COCC(C)(COC)C(=O)OCCSc1nnnn1C. The third kappa shape index (κ3) is 4.73. The molecular formula is C11H20N4O4S. The van der Waals surface area contributed by atoms with Gasteiger partial charge in [0.1, 0.15) is 12.0 Å². The van der Waals surface area contributed by atoms with E-state index < -0.39 is 5.41 Å². The molecule has 0 saturated carbocycles. The second-order valence-corrected chi connectivity index (χ2v) is 5.56. The Labute approximate surface area is 122 Å². The minimum absolute atomic E-state index is 0.250. The molecule has 1 aromatic heterocycles. The van der Waals surface area contributed by atoms with Gasteiger partial charge in [-0.3, -0.25) is 4.79 Å². The number of ether oxygens (including phenoxy) is 3. The third-order valence-electron chi connectivity index (χ3n) is 2.55. The van der Waals surface area contributed by atoms with Crippen LogP contribution in [0.1, 0.15) is 6.92 Å². The van der Waals surface area contributed by atoms with Gasteiger partial charge in [-0.15, -0.1) is 5.10 Å². The molecule has 0 radical (unpaired) electrons. The zero-order chi connectivity index (χ0) is 15.0. The summed E-state index contributed by atoms with van der Waals surface area (Å²) < 4.78 is 16.9. The van der Waals surface area contributed by atoms with E-state index in [1.54, 1.807) is 18.7 Å². The fourth-order valence-corrected chi connectivity index (χ4v) is 2.25. The number of esters is 1. The zero-order valence-corrected chi connectivity index (χ0v) is 13.0. The van der Waals surface area contributed by atoms with Gasteiger partial charge in [0.15, 0.2) is 0 Å². The molecule has 0 aliphatic rings. The first-order chi connectivity index (χ1) is 9.53. The Balaban J connectivity index is 2.36. The molecule has 0 fully saturated rings. The van der Waals surface area contributed by atoms with Crippen molar-refractivity contribution in [2.45, 2.75) is 12.1 Å². The van der Waals surface area contributed by atoms with Crippen molar-refractivity contribution in [2.24, 2.45) is 12.5 Å². The lowest BCUT2D eigenvalue weighted by Gasteiger charge is -2.25. The molecule has 8 nitrogen and oxygen atoms in total. The number of hydrogen-bond acceptors (Lipinski definition) is 8. The lowest BCUT2D eigenvalue weighted by atomic mass is 9.93. The van der Waals surface area contributed by atoms with Crippen LogP contribution in [0.3, 0.4) is 0 Å². The van der Waals surface area contributed by atoms with Gasteiger partial charge in [-0.1, -0.05) is 11.8 Å². The molecule has 0 aliphatic carbocycles. The lowest BCUT2D eigenvalue weighted by Crippen LogP contribution is -2.38. The first kappa shape index (κ1) is 16.9. The summed E-state index contributed by atoms with van der Waals surface area (Å²) in [6.07, 6.45) is 0. The maximum atomic E-state index is 12.0. The summed E-state index contributed by atoms with van der Waals surface area (Å²) in [5, 5.41) is 11.7. The minimum Gasteiger partial charge on any atom is -0.464 e. The van der Waals surface area contributed by atoms with Gasteiger partial charge >= 0.3 is 5.97 Å². The molecule has 0 spiro atoms. The first-order valence-electron chi connectivity index (χ1n) is 6.04. The van der Waals surface area contributed by atoms with Gasteiger partial charge < -0.3 is 14.2 Å². The van der Waals surface area contributed by atoms with Crippen molar-refractivity contribution < 1.29 is 19.0 Å². The topological polar surface area (TPSA) is 88.4 Å². The van der Waals surface area contributed by atoms with Crippen molar-refractivity contribution in [1.82, 2.24) is 20.2 Å². The van der Waals surface area contributed by atoms with Crippen molar-refractivity contribution in [3.8, 4) is 0 Å². The Hall–Kier alpha value is -1.19. The standard InChI is InChI=1S/C11H20N4O4S/c1-11(7-17-3,8-18-4)9(16)19-5-6-20-10-12-13-14-15(10)2/h5-8H2,1-4H3. The normalized spacial score (nSPS) is 11.6. The summed E-state index contributed by atoms with van der Waals surface area (Å²) >= 11 is 1.42. The van der Waals surface area contributed by atoms with Crippen LogP contribution in [-0.2, 0) is 26.1 Å². The number of aromatic nitrogens is 4. The van der Waals surface area contributed by atoms with Gasteiger partial charge in [-0.25, -0.2) is 4.68 Å². The van der Waals surface area contributed by atoms with Gasteiger partial charge in [-0.2, -0.15) is 0 Å². The molecular weight excluding hydrogens is 284 g/mol. The van der Waals surface area contributed by atoms with Crippen LogP contribution >= 0.6 is 11.8 Å². The molecule has 0 amide bonds. The van der Waals surface area contributed by atoms with Crippen LogP contribution in [0.2, 0.25) is 0 Å². The predicted octanol–water partition coefficient (Wildman–Crippen LogP) is 0.145. The van der Waals surface area contributed by atoms with Gasteiger partial charge in [-0.05, 0) is 17.4 Å². The van der Waals surface area contributed by atoms with Crippen LogP contribution in [0.4, 0.5) is 0 Å². The Morgan fingerprint density at radius 2 is 2.00 bits per heavy atom. The van der Waals surface area contributed by atoms with Crippen LogP contribution in [0, 0.1) is 5.41 Å². The van der Waals surface area contributed by atoms with E-state index in [4.69, 9.17) is 14.2 Å². The number of nitrogens with zero attached hydrogens (tertiary/aromatic N) is 4. The summed E-state index contributed by atoms with van der Waals surface area (Å²) in [6, 6.07) is 0. The number of carbonyl (C=O) groups is 1. The van der Waals surface area contributed by atoms with Gasteiger partial charge in [0, 0.05) is 27.0 Å². The van der Waals surface area contributed by atoms with Crippen molar-refractivity contribution in [3.05, 3.63) is 0 Å². The van der Waals surface area contributed by atoms with Crippen LogP contribution in [0.15, 0.2) is 5.16 Å². The number of aryl methyl sites for hydroxylation is 1. The fourth-order valence-electron chi connectivity index (χ4n) is 1.58. The van der Waals surface area contributed by atoms with E-state index >= 15 is 0 Å². The molecule has 1 aromatic rings. The summed E-state index contributed by atoms with van der Waals surface area (Å²) in [5.41, 5.74) is -0.791. The molecule has 0 unspecified atom stereocenters. The Morgan fingerprint density at radius 1 is 1.35 bits per heavy atom. The van der Waals surface area contributed by atoms with E-state index in [1.807, 2.05) is 0 Å². The number of rotatable bonds is 9. The number of tetrazole rings is 1. The first-order valence-corrected chi connectivity index (χ1v) is 7.02. The molecule has 0 aromatic carbocycles. The van der Waals surface area contributed by atoms with E-state index in [0.717, 1.165) is 0 Å². The molecule has 20 heavy (non-hydrogen) atoms.